The summed E-state index contributed by atoms with van der Waals surface area (Å²) in [6.07, 6.45) is 5.53. The number of ether oxygens (including phenoxy) is 2. The standard InChI is InChI=1S/C15H24O2/c1-9-5-11-12-6-10(2)8-14(12)15(13(11)7-9)16-3-4-17-15/h9-14H,3-8H2,1-2H3. The van der Waals surface area contributed by atoms with E-state index in [1.54, 1.807) is 0 Å². The first-order valence-electron chi connectivity index (χ1n) is 7.48. The highest BCUT2D eigenvalue weighted by Crippen LogP contribution is 2.65. The lowest BCUT2D eigenvalue weighted by Gasteiger charge is -2.34. The van der Waals surface area contributed by atoms with E-state index in [4.69, 9.17) is 9.47 Å². The van der Waals surface area contributed by atoms with Gasteiger partial charge in [0.25, 0.3) is 0 Å². The van der Waals surface area contributed by atoms with E-state index in [0.717, 1.165) is 36.9 Å². The summed E-state index contributed by atoms with van der Waals surface area (Å²) in [5.41, 5.74) is 0. The van der Waals surface area contributed by atoms with E-state index in [9.17, 15) is 0 Å². The molecule has 0 N–H and O–H groups in total. The van der Waals surface area contributed by atoms with Crippen molar-refractivity contribution in [2.45, 2.75) is 45.3 Å². The molecule has 1 saturated heterocycles. The molecule has 0 radical (unpaired) electrons. The van der Waals surface area contributed by atoms with Crippen LogP contribution in [0.25, 0.3) is 0 Å². The second-order valence-electron chi connectivity index (χ2n) is 7.11. The molecule has 1 aliphatic heterocycles. The lowest BCUT2D eigenvalue weighted by molar-refractivity contribution is -0.213. The minimum Gasteiger partial charge on any atom is -0.347 e. The molecule has 2 nitrogen and oxygen atoms in total. The predicted octanol–water partition coefficient (Wildman–Crippen LogP) is 3.07. The van der Waals surface area contributed by atoms with Gasteiger partial charge in [-0.2, -0.15) is 0 Å². The van der Waals surface area contributed by atoms with E-state index in [1.165, 1.54) is 25.7 Å². The third kappa shape index (κ3) is 1.29. The molecule has 3 saturated carbocycles. The van der Waals surface area contributed by atoms with Crippen LogP contribution in [0.4, 0.5) is 0 Å². The van der Waals surface area contributed by atoms with Gasteiger partial charge in [-0.15, -0.1) is 0 Å². The van der Waals surface area contributed by atoms with Crippen molar-refractivity contribution >= 4 is 0 Å². The van der Waals surface area contributed by atoms with Gasteiger partial charge in [-0.05, 0) is 49.4 Å². The molecule has 4 fully saturated rings. The maximum atomic E-state index is 6.20. The fourth-order valence-corrected chi connectivity index (χ4v) is 5.69. The minimum absolute atomic E-state index is 0.148. The Morgan fingerprint density at radius 2 is 1.24 bits per heavy atom. The van der Waals surface area contributed by atoms with Crippen LogP contribution in [0.5, 0.6) is 0 Å². The van der Waals surface area contributed by atoms with Gasteiger partial charge in [-0.25, -0.2) is 0 Å². The maximum Gasteiger partial charge on any atom is 0.174 e. The summed E-state index contributed by atoms with van der Waals surface area (Å²) in [7, 11) is 0. The maximum absolute atomic E-state index is 6.20. The van der Waals surface area contributed by atoms with E-state index in [1.807, 2.05) is 0 Å². The first-order valence-corrected chi connectivity index (χ1v) is 7.48. The van der Waals surface area contributed by atoms with Crippen molar-refractivity contribution in [3.63, 3.8) is 0 Å². The zero-order valence-electron chi connectivity index (χ0n) is 11.0. The molecule has 4 aliphatic rings. The minimum atomic E-state index is -0.148. The average molecular weight is 236 g/mol. The van der Waals surface area contributed by atoms with Crippen LogP contribution in [-0.4, -0.2) is 19.0 Å². The van der Waals surface area contributed by atoms with Crippen LogP contribution in [0.3, 0.4) is 0 Å². The van der Waals surface area contributed by atoms with Gasteiger partial charge in [0.1, 0.15) is 0 Å². The van der Waals surface area contributed by atoms with Crippen LogP contribution in [0, 0.1) is 35.5 Å². The molecule has 0 bridgehead atoms. The van der Waals surface area contributed by atoms with Crippen molar-refractivity contribution in [2.24, 2.45) is 35.5 Å². The average Bonchev–Trinajstić information content (AvgIpc) is 2.96. The van der Waals surface area contributed by atoms with E-state index in [0.29, 0.717) is 11.8 Å². The van der Waals surface area contributed by atoms with Gasteiger partial charge >= 0.3 is 0 Å². The summed E-state index contributed by atoms with van der Waals surface area (Å²) in [6.45, 7) is 6.48. The SMILES string of the molecule is CC1CC2C3CC(C)CC3C3(OCCO3)C2C1. The number of hydrogen-bond acceptors (Lipinski definition) is 2. The first-order chi connectivity index (χ1) is 8.21. The summed E-state index contributed by atoms with van der Waals surface area (Å²) < 4.78 is 12.4. The Morgan fingerprint density at radius 3 is 1.71 bits per heavy atom. The number of rotatable bonds is 0. The Morgan fingerprint density at radius 1 is 0.765 bits per heavy atom. The van der Waals surface area contributed by atoms with Gasteiger partial charge in [0.05, 0.1) is 13.2 Å². The molecule has 96 valence electrons. The van der Waals surface area contributed by atoms with Crippen molar-refractivity contribution in [3.05, 3.63) is 0 Å². The van der Waals surface area contributed by atoms with Crippen LogP contribution in [0.2, 0.25) is 0 Å². The van der Waals surface area contributed by atoms with Crippen molar-refractivity contribution in [1.29, 1.82) is 0 Å². The second-order valence-corrected chi connectivity index (χ2v) is 7.11. The molecule has 0 aromatic heterocycles. The van der Waals surface area contributed by atoms with Crippen LogP contribution < -0.4 is 0 Å². The molecule has 0 aromatic carbocycles. The molecule has 1 spiro atoms. The highest BCUT2D eigenvalue weighted by Gasteiger charge is 2.67. The highest BCUT2D eigenvalue weighted by molar-refractivity contribution is 5.10. The largest absolute Gasteiger partial charge is 0.347 e. The number of hydrogen-bond donors (Lipinski definition) is 0. The quantitative estimate of drug-likeness (QED) is 0.643. The van der Waals surface area contributed by atoms with E-state index in [-0.39, 0.29) is 5.79 Å². The van der Waals surface area contributed by atoms with Gasteiger partial charge in [-0.1, -0.05) is 13.8 Å². The summed E-state index contributed by atoms with van der Waals surface area (Å²) >= 11 is 0. The third-order valence-electron chi connectivity index (χ3n) is 6.02. The highest BCUT2D eigenvalue weighted by atomic mass is 16.7. The molecule has 2 heteroatoms. The third-order valence-corrected chi connectivity index (χ3v) is 6.02. The molecular formula is C15H24O2. The molecular weight excluding hydrogens is 212 g/mol. The van der Waals surface area contributed by atoms with Gasteiger partial charge in [0, 0.05) is 11.8 Å². The second kappa shape index (κ2) is 3.48. The van der Waals surface area contributed by atoms with Crippen molar-refractivity contribution in [2.75, 3.05) is 13.2 Å². The number of fused-ring (bicyclic) bond motifs is 5. The van der Waals surface area contributed by atoms with Gasteiger partial charge < -0.3 is 9.47 Å². The van der Waals surface area contributed by atoms with Gasteiger partial charge in [-0.3, -0.25) is 0 Å². The lowest BCUT2D eigenvalue weighted by atomic mass is 9.88. The van der Waals surface area contributed by atoms with Gasteiger partial charge in [0.15, 0.2) is 5.79 Å². The fourth-order valence-electron chi connectivity index (χ4n) is 5.69. The van der Waals surface area contributed by atoms with Crippen molar-refractivity contribution in [3.8, 4) is 0 Å². The van der Waals surface area contributed by atoms with E-state index >= 15 is 0 Å². The van der Waals surface area contributed by atoms with Crippen molar-refractivity contribution < 1.29 is 9.47 Å². The van der Waals surface area contributed by atoms with Gasteiger partial charge in [0.2, 0.25) is 0 Å². The molecule has 3 aliphatic carbocycles. The Hall–Kier alpha value is -0.0800. The molecule has 1 heterocycles. The Labute approximate surface area is 104 Å². The van der Waals surface area contributed by atoms with Crippen LogP contribution >= 0.6 is 0 Å². The van der Waals surface area contributed by atoms with Crippen LogP contribution in [-0.2, 0) is 9.47 Å². The fraction of sp³-hybridized carbons (Fsp3) is 1.00. The summed E-state index contributed by atoms with van der Waals surface area (Å²) in [5, 5.41) is 0. The monoisotopic (exact) mass is 236 g/mol. The molecule has 17 heavy (non-hydrogen) atoms. The zero-order valence-corrected chi connectivity index (χ0v) is 11.0. The summed E-state index contributed by atoms with van der Waals surface area (Å²) in [6, 6.07) is 0. The lowest BCUT2D eigenvalue weighted by Crippen LogP contribution is -2.41. The van der Waals surface area contributed by atoms with E-state index < -0.39 is 0 Å². The molecule has 6 unspecified atom stereocenters. The summed E-state index contributed by atoms with van der Waals surface area (Å²) in [4.78, 5) is 0. The Bertz CT molecular complexity index is 295. The zero-order chi connectivity index (χ0) is 11.6. The summed E-state index contributed by atoms with van der Waals surface area (Å²) in [5.74, 6) is 4.84. The first kappa shape index (κ1) is 10.8. The van der Waals surface area contributed by atoms with Crippen LogP contribution in [0.15, 0.2) is 0 Å². The predicted molar refractivity (Wildman–Crippen MR) is 65.4 cm³/mol. The topological polar surface area (TPSA) is 18.5 Å². The molecule has 0 amide bonds. The molecule has 4 rings (SSSR count). The van der Waals surface area contributed by atoms with Crippen LogP contribution in [0.1, 0.15) is 39.5 Å². The Kier molecular flexibility index (Phi) is 2.21. The Balaban J connectivity index is 1.72. The smallest absolute Gasteiger partial charge is 0.174 e. The molecule has 6 atom stereocenters. The van der Waals surface area contributed by atoms with E-state index in [2.05, 4.69) is 13.8 Å². The normalized spacial score (nSPS) is 55.4. The van der Waals surface area contributed by atoms with Crippen molar-refractivity contribution in [1.82, 2.24) is 0 Å². The molecule has 0 aromatic rings.